The van der Waals surface area contributed by atoms with Crippen molar-refractivity contribution in [3.05, 3.63) is 16.8 Å². The molecule has 2 aromatic rings. The van der Waals surface area contributed by atoms with E-state index in [0.717, 1.165) is 11.8 Å². The van der Waals surface area contributed by atoms with E-state index in [1.807, 2.05) is 0 Å². The number of halogens is 1. The van der Waals surface area contributed by atoms with Crippen LogP contribution in [0.15, 0.2) is 26.4 Å². The molecule has 0 aromatic carbocycles. The molecule has 0 saturated heterocycles. The lowest BCUT2D eigenvalue weighted by Crippen LogP contribution is -2.00. The van der Waals surface area contributed by atoms with Crippen molar-refractivity contribution in [3.8, 4) is 11.6 Å². The largest absolute Gasteiger partial charge is 0.481 e. The van der Waals surface area contributed by atoms with Gasteiger partial charge in [0.1, 0.15) is 0 Å². The zero-order valence-electron chi connectivity index (χ0n) is 8.75. The Morgan fingerprint density at radius 2 is 2.35 bits per heavy atom. The predicted octanol–water partition coefficient (Wildman–Crippen LogP) is 2.01. The molecular formula is C9H8BrN3O3S. The van der Waals surface area contributed by atoms with E-state index in [0.29, 0.717) is 21.4 Å². The van der Waals surface area contributed by atoms with Gasteiger partial charge < -0.3 is 14.1 Å². The maximum atomic E-state index is 10.5. The predicted molar refractivity (Wildman–Crippen MR) is 64.8 cm³/mol. The zero-order chi connectivity index (χ0) is 12.4. The molecule has 0 aliphatic rings. The Kier molecular flexibility index (Phi) is 3.53. The molecule has 0 fully saturated rings. The lowest BCUT2D eigenvalue weighted by Gasteiger charge is -1.99. The average molecular weight is 318 g/mol. The van der Waals surface area contributed by atoms with Crippen LogP contribution in [0.25, 0.3) is 11.6 Å². The number of carboxylic acids is 1. The van der Waals surface area contributed by atoms with Gasteiger partial charge in [-0.2, -0.15) is 0 Å². The number of aliphatic carboxylic acids is 1. The van der Waals surface area contributed by atoms with Gasteiger partial charge in [-0.05, 0) is 28.1 Å². The van der Waals surface area contributed by atoms with E-state index in [9.17, 15) is 4.79 Å². The lowest BCUT2D eigenvalue weighted by atomic mass is 10.4. The summed E-state index contributed by atoms with van der Waals surface area (Å²) < 4.78 is 7.66. The van der Waals surface area contributed by atoms with Crippen molar-refractivity contribution in [2.75, 3.05) is 5.75 Å². The first-order valence-corrected chi connectivity index (χ1v) is 6.35. The van der Waals surface area contributed by atoms with Crippen LogP contribution in [-0.2, 0) is 11.8 Å². The molecule has 2 aromatic heterocycles. The first-order valence-electron chi connectivity index (χ1n) is 4.57. The van der Waals surface area contributed by atoms with Crippen LogP contribution in [-0.4, -0.2) is 31.6 Å². The maximum absolute atomic E-state index is 10.5. The number of hydrogen-bond donors (Lipinski definition) is 1. The van der Waals surface area contributed by atoms with E-state index in [1.165, 1.54) is 0 Å². The van der Waals surface area contributed by atoms with Crippen LogP contribution in [0.4, 0.5) is 0 Å². The second-order valence-electron chi connectivity index (χ2n) is 3.15. The van der Waals surface area contributed by atoms with Crippen LogP contribution < -0.4 is 0 Å². The topological polar surface area (TPSA) is 81.2 Å². The highest BCUT2D eigenvalue weighted by Gasteiger charge is 2.14. The monoisotopic (exact) mass is 317 g/mol. The molecule has 0 aliphatic carbocycles. The third kappa shape index (κ3) is 2.70. The van der Waals surface area contributed by atoms with E-state index in [1.54, 1.807) is 23.7 Å². The SMILES string of the molecule is Cn1c(SCC(=O)O)nnc1-c1ccc(Br)o1. The molecule has 90 valence electrons. The maximum Gasteiger partial charge on any atom is 0.313 e. The van der Waals surface area contributed by atoms with Crippen LogP contribution in [0.5, 0.6) is 0 Å². The Morgan fingerprint density at radius 1 is 1.59 bits per heavy atom. The Morgan fingerprint density at radius 3 is 2.94 bits per heavy atom. The standard InChI is InChI=1S/C9H8BrN3O3S/c1-13-8(5-2-3-6(10)16-5)11-12-9(13)17-4-7(14)15/h2-3H,4H2,1H3,(H,14,15). The van der Waals surface area contributed by atoms with Gasteiger partial charge in [0.2, 0.25) is 0 Å². The Labute approximate surface area is 109 Å². The molecule has 1 N–H and O–H groups in total. The molecule has 17 heavy (non-hydrogen) atoms. The van der Waals surface area contributed by atoms with Crippen molar-refractivity contribution in [2.45, 2.75) is 5.16 Å². The Balaban J connectivity index is 2.23. The number of furan rings is 1. The molecule has 2 heterocycles. The minimum atomic E-state index is -0.889. The second-order valence-corrected chi connectivity index (χ2v) is 4.88. The van der Waals surface area contributed by atoms with Crippen LogP contribution in [0, 0.1) is 0 Å². The van der Waals surface area contributed by atoms with E-state index in [4.69, 9.17) is 9.52 Å². The molecule has 0 atom stereocenters. The molecule has 0 unspecified atom stereocenters. The third-order valence-corrected chi connectivity index (χ3v) is 3.38. The van der Waals surface area contributed by atoms with Crippen molar-refractivity contribution in [1.29, 1.82) is 0 Å². The average Bonchev–Trinajstić information content (AvgIpc) is 2.82. The van der Waals surface area contributed by atoms with Crippen molar-refractivity contribution >= 4 is 33.7 Å². The quantitative estimate of drug-likeness (QED) is 0.869. The molecule has 0 amide bonds. The van der Waals surface area contributed by atoms with Gasteiger partial charge in [0.25, 0.3) is 0 Å². The fraction of sp³-hybridized carbons (Fsp3) is 0.222. The van der Waals surface area contributed by atoms with Gasteiger partial charge in [0.05, 0.1) is 5.75 Å². The first kappa shape index (κ1) is 12.2. The number of carboxylic acid groups (broad SMARTS) is 1. The molecule has 6 nitrogen and oxygen atoms in total. The number of aromatic nitrogens is 3. The number of carbonyl (C=O) groups is 1. The minimum absolute atomic E-state index is 0.0478. The molecule has 8 heteroatoms. The van der Waals surface area contributed by atoms with Crippen molar-refractivity contribution < 1.29 is 14.3 Å². The fourth-order valence-corrected chi connectivity index (χ4v) is 2.15. The van der Waals surface area contributed by atoms with Crippen LogP contribution in [0.3, 0.4) is 0 Å². The summed E-state index contributed by atoms with van der Waals surface area (Å²) in [5, 5.41) is 17.0. The highest BCUT2D eigenvalue weighted by molar-refractivity contribution is 9.10. The smallest absolute Gasteiger partial charge is 0.313 e. The summed E-state index contributed by atoms with van der Waals surface area (Å²) in [6.45, 7) is 0. The molecule has 0 spiro atoms. The van der Waals surface area contributed by atoms with Crippen molar-refractivity contribution in [1.82, 2.24) is 14.8 Å². The van der Waals surface area contributed by atoms with E-state index in [2.05, 4.69) is 26.1 Å². The fourth-order valence-electron chi connectivity index (χ4n) is 1.22. The van der Waals surface area contributed by atoms with Crippen LogP contribution in [0.2, 0.25) is 0 Å². The third-order valence-electron chi connectivity index (χ3n) is 1.95. The second kappa shape index (κ2) is 4.92. The van der Waals surface area contributed by atoms with Gasteiger partial charge in [-0.25, -0.2) is 0 Å². The molecule has 0 bridgehead atoms. The molecule has 0 aliphatic heterocycles. The first-order chi connectivity index (χ1) is 8.08. The summed E-state index contributed by atoms with van der Waals surface area (Å²) in [6.07, 6.45) is 0. The van der Waals surface area contributed by atoms with E-state index < -0.39 is 5.97 Å². The van der Waals surface area contributed by atoms with Crippen LogP contribution >= 0.6 is 27.7 Å². The number of rotatable bonds is 4. The summed E-state index contributed by atoms with van der Waals surface area (Å²) in [5.41, 5.74) is 0. The summed E-state index contributed by atoms with van der Waals surface area (Å²) in [7, 11) is 1.76. The molecule has 0 saturated carbocycles. The van der Waals surface area contributed by atoms with Gasteiger partial charge in [-0.1, -0.05) is 11.8 Å². The van der Waals surface area contributed by atoms with Gasteiger partial charge in [0, 0.05) is 7.05 Å². The number of nitrogens with zero attached hydrogens (tertiary/aromatic N) is 3. The van der Waals surface area contributed by atoms with Gasteiger partial charge in [-0.15, -0.1) is 10.2 Å². The number of hydrogen-bond acceptors (Lipinski definition) is 5. The summed E-state index contributed by atoms with van der Waals surface area (Å²) in [4.78, 5) is 10.5. The lowest BCUT2D eigenvalue weighted by molar-refractivity contribution is -0.133. The zero-order valence-corrected chi connectivity index (χ0v) is 11.2. The molecule has 0 radical (unpaired) electrons. The van der Waals surface area contributed by atoms with Crippen LogP contribution in [0.1, 0.15) is 0 Å². The summed E-state index contributed by atoms with van der Waals surface area (Å²) >= 11 is 4.32. The Bertz CT molecular complexity index is 551. The van der Waals surface area contributed by atoms with Gasteiger partial charge >= 0.3 is 5.97 Å². The molecular weight excluding hydrogens is 310 g/mol. The van der Waals surface area contributed by atoms with Crippen molar-refractivity contribution in [2.24, 2.45) is 7.05 Å². The molecule has 2 rings (SSSR count). The number of thioether (sulfide) groups is 1. The Hall–Kier alpha value is -1.28. The summed E-state index contributed by atoms with van der Waals surface area (Å²) in [6, 6.07) is 3.52. The van der Waals surface area contributed by atoms with E-state index in [-0.39, 0.29) is 5.75 Å². The van der Waals surface area contributed by atoms with Gasteiger partial charge in [-0.3, -0.25) is 4.79 Å². The van der Waals surface area contributed by atoms with E-state index >= 15 is 0 Å². The van der Waals surface area contributed by atoms with Gasteiger partial charge in [0.15, 0.2) is 21.4 Å². The minimum Gasteiger partial charge on any atom is -0.481 e. The normalized spacial score (nSPS) is 10.7. The highest BCUT2D eigenvalue weighted by atomic mass is 79.9. The highest BCUT2D eigenvalue weighted by Crippen LogP contribution is 2.25. The van der Waals surface area contributed by atoms with Crippen molar-refractivity contribution in [3.63, 3.8) is 0 Å². The summed E-state index contributed by atoms with van der Waals surface area (Å²) in [5.74, 6) is 0.200.